The number of ether oxygens (including phenoxy) is 1. The fourth-order valence-electron chi connectivity index (χ4n) is 1.52. The van der Waals surface area contributed by atoms with Gasteiger partial charge in [0.25, 0.3) is 0 Å². The maximum Gasteiger partial charge on any atom is 0.516 e. The first kappa shape index (κ1) is 19.2. The van der Waals surface area contributed by atoms with Crippen molar-refractivity contribution >= 4 is 21.4 Å². The minimum absolute atomic E-state index is 0.168. The molecular weight excluding hydrogens is 337 g/mol. The number of para-hydroxylation sites is 1. The monoisotopic (exact) mass is 354 g/mol. The van der Waals surface area contributed by atoms with Crippen LogP contribution in [0.25, 0.3) is 0 Å². The molecule has 0 saturated carbocycles. The van der Waals surface area contributed by atoms with Gasteiger partial charge >= 0.3 is 15.5 Å². The SMILES string of the molecule is CCOCCO/N=C(\C)c1ccccc1NS(=O)(=O)C(F)(F)F. The number of nitrogens with zero attached hydrogens (tertiary/aromatic N) is 1. The zero-order chi connectivity index (χ0) is 17.5. The minimum Gasteiger partial charge on any atom is -0.393 e. The minimum atomic E-state index is -5.51. The van der Waals surface area contributed by atoms with E-state index in [0.717, 1.165) is 0 Å². The highest BCUT2D eigenvalue weighted by atomic mass is 32.2. The van der Waals surface area contributed by atoms with Gasteiger partial charge in [-0.15, -0.1) is 0 Å². The molecule has 0 aromatic heterocycles. The topological polar surface area (TPSA) is 77.0 Å². The van der Waals surface area contributed by atoms with Crippen LogP contribution < -0.4 is 4.72 Å². The molecule has 0 aliphatic heterocycles. The van der Waals surface area contributed by atoms with Gasteiger partial charge in [-0.1, -0.05) is 23.4 Å². The Morgan fingerprint density at radius 3 is 2.52 bits per heavy atom. The molecule has 0 atom stereocenters. The molecule has 10 heteroatoms. The average Bonchev–Trinajstić information content (AvgIpc) is 2.46. The summed E-state index contributed by atoms with van der Waals surface area (Å²) in [5.41, 5.74) is -5.24. The Morgan fingerprint density at radius 1 is 1.26 bits per heavy atom. The van der Waals surface area contributed by atoms with Crippen molar-refractivity contribution in [3.63, 3.8) is 0 Å². The average molecular weight is 354 g/mol. The van der Waals surface area contributed by atoms with Crippen LogP contribution in [-0.2, 0) is 19.6 Å². The highest BCUT2D eigenvalue weighted by Crippen LogP contribution is 2.27. The van der Waals surface area contributed by atoms with Crippen molar-refractivity contribution in [2.24, 2.45) is 5.16 Å². The van der Waals surface area contributed by atoms with Gasteiger partial charge in [-0.3, -0.25) is 4.72 Å². The fourth-order valence-corrected chi connectivity index (χ4v) is 2.11. The molecule has 0 saturated heterocycles. The van der Waals surface area contributed by atoms with Gasteiger partial charge in [0.1, 0.15) is 6.61 Å². The van der Waals surface area contributed by atoms with Crippen LogP contribution in [0.15, 0.2) is 29.4 Å². The Balaban J connectivity index is 2.91. The van der Waals surface area contributed by atoms with Gasteiger partial charge in [0.15, 0.2) is 0 Å². The number of oxime groups is 1. The summed E-state index contributed by atoms with van der Waals surface area (Å²) in [6.07, 6.45) is 0. The van der Waals surface area contributed by atoms with Crippen LogP contribution in [0.4, 0.5) is 18.9 Å². The molecule has 130 valence electrons. The third-order valence-electron chi connectivity index (χ3n) is 2.59. The van der Waals surface area contributed by atoms with Gasteiger partial charge in [-0.25, -0.2) is 0 Å². The Hall–Kier alpha value is -1.81. The molecule has 0 unspecified atom stereocenters. The lowest BCUT2D eigenvalue weighted by molar-refractivity contribution is -0.0429. The van der Waals surface area contributed by atoms with Crippen molar-refractivity contribution in [2.75, 3.05) is 24.5 Å². The molecule has 0 heterocycles. The number of sulfonamides is 1. The third kappa shape index (κ3) is 5.71. The van der Waals surface area contributed by atoms with E-state index in [-0.39, 0.29) is 23.6 Å². The summed E-state index contributed by atoms with van der Waals surface area (Å²) in [5, 5.41) is 3.74. The predicted molar refractivity (Wildman–Crippen MR) is 79.7 cm³/mol. The van der Waals surface area contributed by atoms with E-state index >= 15 is 0 Å². The third-order valence-corrected chi connectivity index (χ3v) is 3.69. The molecule has 1 aromatic rings. The van der Waals surface area contributed by atoms with Crippen LogP contribution in [0, 0.1) is 0 Å². The van der Waals surface area contributed by atoms with E-state index in [4.69, 9.17) is 9.57 Å². The molecule has 1 N–H and O–H groups in total. The number of alkyl halides is 3. The van der Waals surface area contributed by atoms with Crippen LogP contribution in [0.2, 0.25) is 0 Å². The highest BCUT2D eigenvalue weighted by Gasteiger charge is 2.46. The maximum absolute atomic E-state index is 12.5. The molecule has 0 aliphatic carbocycles. The number of nitrogens with one attached hydrogen (secondary N) is 1. The van der Waals surface area contributed by atoms with Gasteiger partial charge in [-0.2, -0.15) is 21.6 Å². The molecule has 6 nitrogen and oxygen atoms in total. The van der Waals surface area contributed by atoms with Crippen LogP contribution in [-0.4, -0.2) is 39.5 Å². The van der Waals surface area contributed by atoms with Crippen LogP contribution >= 0.6 is 0 Å². The summed E-state index contributed by atoms with van der Waals surface area (Å²) < 4.78 is 66.3. The maximum atomic E-state index is 12.5. The van der Waals surface area contributed by atoms with Gasteiger partial charge in [0, 0.05) is 12.2 Å². The number of anilines is 1. The van der Waals surface area contributed by atoms with E-state index in [1.54, 1.807) is 6.07 Å². The van der Waals surface area contributed by atoms with Crippen molar-refractivity contribution in [1.82, 2.24) is 0 Å². The van der Waals surface area contributed by atoms with E-state index < -0.39 is 15.5 Å². The van der Waals surface area contributed by atoms with E-state index in [2.05, 4.69) is 5.16 Å². The normalized spacial score (nSPS) is 13.0. The van der Waals surface area contributed by atoms with Gasteiger partial charge < -0.3 is 9.57 Å². The van der Waals surface area contributed by atoms with Gasteiger partial charge in [0.2, 0.25) is 0 Å². The molecule has 0 fully saturated rings. The summed E-state index contributed by atoms with van der Waals surface area (Å²) in [7, 11) is -5.51. The lowest BCUT2D eigenvalue weighted by Gasteiger charge is -2.13. The van der Waals surface area contributed by atoms with Crippen molar-refractivity contribution in [2.45, 2.75) is 19.4 Å². The second kappa shape index (κ2) is 8.16. The van der Waals surface area contributed by atoms with Crippen LogP contribution in [0.3, 0.4) is 0 Å². The molecule has 23 heavy (non-hydrogen) atoms. The summed E-state index contributed by atoms with van der Waals surface area (Å²) in [6, 6.07) is 5.58. The quantitative estimate of drug-likeness (QED) is 0.442. The Labute approximate surface area is 132 Å². The van der Waals surface area contributed by atoms with Crippen molar-refractivity contribution in [1.29, 1.82) is 0 Å². The number of rotatable bonds is 8. The molecule has 0 spiro atoms. The summed E-state index contributed by atoms with van der Waals surface area (Å²) >= 11 is 0. The Morgan fingerprint density at radius 2 is 1.91 bits per heavy atom. The van der Waals surface area contributed by atoms with E-state index in [1.165, 1.54) is 29.8 Å². The molecule has 1 rings (SSSR count). The van der Waals surface area contributed by atoms with Gasteiger partial charge in [-0.05, 0) is 19.9 Å². The molecular formula is C13H17F3N2O4S. The number of hydrogen-bond acceptors (Lipinski definition) is 5. The molecule has 1 aromatic carbocycles. The summed E-state index contributed by atoms with van der Waals surface area (Å²) in [6.45, 7) is 4.31. The first-order chi connectivity index (χ1) is 10.7. The fraction of sp³-hybridized carbons (Fsp3) is 0.462. The van der Waals surface area contributed by atoms with E-state index in [9.17, 15) is 21.6 Å². The lowest BCUT2D eigenvalue weighted by Crippen LogP contribution is -2.30. The largest absolute Gasteiger partial charge is 0.516 e. The van der Waals surface area contributed by atoms with Crippen molar-refractivity contribution in [3.8, 4) is 0 Å². The predicted octanol–water partition coefficient (Wildman–Crippen LogP) is 2.73. The number of hydrogen-bond donors (Lipinski definition) is 1. The first-order valence-electron chi connectivity index (χ1n) is 6.62. The molecule has 0 amide bonds. The summed E-state index contributed by atoms with van der Waals surface area (Å²) in [5.74, 6) is 0. The zero-order valence-corrected chi connectivity index (χ0v) is 13.4. The van der Waals surface area contributed by atoms with Crippen LogP contribution in [0.1, 0.15) is 19.4 Å². The second-order valence-corrected chi connectivity index (χ2v) is 5.98. The number of benzene rings is 1. The van der Waals surface area contributed by atoms with Gasteiger partial charge in [0.05, 0.1) is 18.0 Å². The molecule has 0 bridgehead atoms. The standard InChI is InChI=1S/C13H17F3N2O4S/c1-3-21-8-9-22-17-10(2)11-6-4-5-7-12(11)18-23(19,20)13(14,15)16/h4-7,18H,3,8-9H2,1-2H3/b17-10+. The smallest absolute Gasteiger partial charge is 0.393 e. The van der Waals surface area contributed by atoms with Crippen LogP contribution in [0.5, 0.6) is 0 Å². The summed E-state index contributed by atoms with van der Waals surface area (Å²) in [4.78, 5) is 4.97. The Bertz CT molecular complexity index is 645. The molecule has 0 radical (unpaired) electrons. The van der Waals surface area contributed by atoms with Crippen molar-refractivity contribution in [3.05, 3.63) is 29.8 Å². The number of halogens is 3. The highest BCUT2D eigenvalue weighted by molar-refractivity contribution is 7.93. The van der Waals surface area contributed by atoms with E-state index in [0.29, 0.717) is 13.2 Å². The zero-order valence-electron chi connectivity index (χ0n) is 12.6. The second-order valence-electron chi connectivity index (χ2n) is 4.30. The van der Waals surface area contributed by atoms with E-state index in [1.807, 2.05) is 6.92 Å². The molecule has 0 aliphatic rings. The lowest BCUT2D eigenvalue weighted by atomic mass is 10.1. The van der Waals surface area contributed by atoms with Crippen molar-refractivity contribution < 1.29 is 31.2 Å². The Kier molecular flexibility index (Phi) is 6.82. The first-order valence-corrected chi connectivity index (χ1v) is 8.10.